The minimum Gasteiger partial charge on any atom is -0.484 e. The highest BCUT2D eigenvalue weighted by molar-refractivity contribution is 5.92. The minimum atomic E-state index is -1.01. The number of anilines is 2. The second-order valence-corrected chi connectivity index (χ2v) is 6.01. The fourth-order valence-electron chi connectivity index (χ4n) is 2.82. The third kappa shape index (κ3) is 4.68. The molecule has 1 saturated heterocycles. The van der Waals surface area contributed by atoms with Crippen molar-refractivity contribution in [3.05, 3.63) is 54.1 Å². The summed E-state index contributed by atoms with van der Waals surface area (Å²) >= 11 is 0. The highest BCUT2D eigenvalue weighted by Crippen LogP contribution is 2.22. The predicted octanol–water partition coefficient (Wildman–Crippen LogP) is 3.97. The highest BCUT2D eigenvalue weighted by Gasteiger charge is 2.11. The van der Waals surface area contributed by atoms with Gasteiger partial charge in [0.2, 0.25) is 0 Å². The van der Waals surface area contributed by atoms with E-state index in [4.69, 9.17) is 4.74 Å². The van der Waals surface area contributed by atoms with Gasteiger partial charge in [0.25, 0.3) is 5.91 Å². The average Bonchev–Trinajstić information content (AvgIpc) is 2.64. The topological polar surface area (TPSA) is 41.6 Å². The van der Waals surface area contributed by atoms with E-state index in [1.807, 2.05) is 24.3 Å². The van der Waals surface area contributed by atoms with Crippen LogP contribution in [0.2, 0.25) is 0 Å². The lowest BCUT2D eigenvalue weighted by molar-refractivity contribution is -0.118. The van der Waals surface area contributed by atoms with E-state index in [0.29, 0.717) is 5.69 Å². The molecule has 2 aromatic carbocycles. The van der Waals surface area contributed by atoms with Crippen LogP contribution in [0.4, 0.5) is 20.2 Å². The zero-order chi connectivity index (χ0) is 17.6. The molecule has 0 aliphatic carbocycles. The van der Waals surface area contributed by atoms with Crippen LogP contribution in [-0.2, 0) is 4.79 Å². The van der Waals surface area contributed by atoms with Crippen molar-refractivity contribution < 1.29 is 18.3 Å². The molecular formula is C19H20F2N2O2. The summed E-state index contributed by atoms with van der Waals surface area (Å²) in [5.74, 6) is -2.22. The summed E-state index contributed by atoms with van der Waals surface area (Å²) < 4.78 is 31.1. The Hall–Kier alpha value is -2.63. The van der Waals surface area contributed by atoms with Gasteiger partial charge in [0.05, 0.1) is 0 Å². The molecule has 0 spiro atoms. The molecule has 0 aromatic heterocycles. The van der Waals surface area contributed by atoms with E-state index in [9.17, 15) is 13.6 Å². The quantitative estimate of drug-likeness (QED) is 0.891. The fraction of sp³-hybridized carbons (Fsp3) is 0.316. The molecule has 1 amide bonds. The summed E-state index contributed by atoms with van der Waals surface area (Å²) in [7, 11) is 0. The molecule has 1 fully saturated rings. The Morgan fingerprint density at radius 2 is 1.72 bits per heavy atom. The van der Waals surface area contributed by atoms with Crippen LogP contribution >= 0.6 is 0 Å². The van der Waals surface area contributed by atoms with E-state index < -0.39 is 11.6 Å². The van der Waals surface area contributed by atoms with Gasteiger partial charge in [-0.15, -0.1) is 0 Å². The summed E-state index contributed by atoms with van der Waals surface area (Å²) in [5.41, 5.74) is 1.82. The van der Waals surface area contributed by atoms with Crippen molar-refractivity contribution in [2.24, 2.45) is 0 Å². The Balaban J connectivity index is 1.51. The monoisotopic (exact) mass is 346 g/mol. The molecule has 0 bridgehead atoms. The van der Waals surface area contributed by atoms with Crippen LogP contribution in [0.25, 0.3) is 0 Å². The molecule has 1 N–H and O–H groups in total. The number of hydrogen-bond acceptors (Lipinski definition) is 3. The van der Waals surface area contributed by atoms with Gasteiger partial charge in [0, 0.05) is 30.5 Å². The largest absolute Gasteiger partial charge is 0.484 e. The summed E-state index contributed by atoms with van der Waals surface area (Å²) in [4.78, 5) is 14.2. The van der Waals surface area contributed by atoms with E-state index in [2.05, 4.69) is 10.2 Å². The number of carbonyl (C=O) groups is 1. The summed E-state index contributed by atoms with van der Waals surface area (Å²) in [6.45, 7) is 1.85. The first-order chi connectivity index (χ1) is 12.1. The van der Waals surface area contributed by atoms with Crippen molar-refractivity contribution in [3.63, 3.8) is 0 Å². The van der Waals surface area contributed by atoms with Gasteiger partial charge >= 0.3 is 0 Å². The molecule has 1 aliphatic heterocycles. The first kappa shape index (κ1) is 17.2. The fourth-order valence-corrected chi connectivity index (χ4v) is 2.82. The molecule has 3 rings (SSSR count). The Kier molecular flexibility index (Phi) is 5.48. The normalized spacial score (nSPS) is 14.2. The molecule has 0 radical (unpaired) electrons. The van der Waals surface area contributed by atoms with Crippen LogP contribution < -0.4 is 15.0 Å². The number of nitrogens with one attached hydrogen (secondary N) is 1. The number of rotatable bonds is 5. The van der Waals surface area contributed by atoms with Gasteiger partial charge in [-0.3, -0.25) is 4.79 Å². The van der Waals surface area contributed by atoms with Crippen LogP contribution in [0.5, 0.6) is 5.75 Å². The van der Waals surface area contributed by atoms with Gasteiger partial charge < -0.3 is 15.0 Å². The smallest absolute Gasteiger partial charge is 0.262 e. The molecule has 25 heavy (non-hydrogen) atoms. The lowest BCUT2D eigenvalue weighted by atomic mass is 10.1. The molecule has 0 unspecified atom stereocenters. The van der Waals surface area contributed by atoms with Crippen molar-refractivity contribution in [2.75, 3.05) is 29.9 Å². The molecule has 1 heterocycles. The second kappa shape index (κ2) is 7.96. The molecule has 0 atom stereocenters. The molecule has 4 nitrogen and oxygen atoms in total. The number of hydrogen-bond donors (Lipinski definition) is 1. The van der Waals surface area contributed by atoms with Crippen LogP contribution in [0.1, 0.15) is 19.3 Å². The molecule has 2 aromatic rings. The van der Waals surface area contributed by atoms with Crippen molar-refractivity contribution in [1.82, 2.24) is 0 Å². The minimum absolute atomic E-state index is 0.106. The van der Waals surface area contributed by atoms with E-state index in [-0.39, 0.29) is 18.3 Å². The number of nitrogens with zero attached hydrogens (tertiary/aromatic N) is 1. The van der Waals surface area contributed by atoms with E-state index in [0.717, 1.165) is 30.9 Å². The van der Waals surface area contributed by atoms with Gasteiger partial charge in [-0.1, -0.05) is 0 Å². The predicted molar refractivity (Wildman–Crippen MR) is 93.0 cm³/mol. The second-order valence-electron chi connectivity index (χ2n) is 6.01. The number of piperidine rings is 1. The third-order valence-electron chi connectivity index (χ3n) is 4.13. The lowest BCUT2D eigenvalue weighted by Crippen LogP contribution is -2.29. The number of amides is 1. The number of carbonyl (C=O) groups excluding carboxylic acids is 1. The van der Waals surface area contributed by atoms with Crippen molar-refractivity contribution in [3.8, 4) is 5.75 Å². The van der Waals surface area contributed by atoms with Gasteiger partial charge in [-0.05, 0) is 55.7 Å². The Morgan fingerprint density at radius 3 is 2.40 bits per heavy atom. The van der Waals surface area contributed by atoms with Crippen molar-refractivity contribution in [1.29, 1.82) is 0 Å². The first-order valence-corrected chi connectivity index (χ1v) is 8.34. The molecule has 132 valence electrons. The van der Waals surface area contributed by atoms with Crippen LogP contribution in [0.3, 0.4) is 0 Å². The number of halogens is 2. The average molecular weight is 346 g/mol. The first-order valence-electron chi connectivity index (χ1n) is 8.34. The lowest BCUT2D eigenvalue weighted by Gasteiger charge is -2.28. The van der Waals surface area contributed by atoms with Gasteiger partial charge in [0.1, 0.15) is 5.75 Å². The standard InChI is InChI=1S/C19H20F2N2O2/c20-17-9-8-16(12-18(17)21)25-13-19(24)22-14-4-6-15(7-5-14)23-10-2-1-3-11-23/h4-9,12H,1-3,10-11,13H2,(H,22,24). The molecular weight excluding hydrogens is 326 g/mol. The van der Waals surface area contributed by atoms with Gasteiger partial charge in [0.15, 0.2) is 18.2 Å². The Labute approximate surface area is 145 Å². The number of ether oxygens (including phenoxy) is 1. The maximum absolute atomic E-state index is 13.1. The van der Waals surface area contributed by atoms with Gasteiger partial charge in [-0.25, -0.2) is 8.78 Å². The SMILES string of the molecule is O=C(COc1ccc(F)c(F)c1)Nc1ccc(N2CCCCC2)cc1. The van der Waals surface area contributed by atoms with Crippen molar-refractivity contribution >= 4 is 17.3 Å². The Bertz CT molecular complexity index is 729. The third-order valence-corrected chi connectivity index (χ3v) is 4.13. The zero-order valence-corrected chi connectivity index (χ0v) is 13.8. The van der Waals surface area contributed by atoms with E-state index in [1.165, 1.54) is 25.3 Å². The maximum atomic E-state index is 13.1. The summed E-state index contributed by atoms with van der Waals surface area (Å²) in [5, 5.41) is 2.72. The summed E-state index contributed by atoms with van der Waals surface area (Å²) in [6, 6.07) is 10.8. The van der Waals surface area contributed by atoms with E-state index in [1.54, 1.807) is 0 Å². The molecule has 6 heteroatoms. The van der Waals surface area contributed by atoms with Crippen LogP contribution in [0.15, 0.2) is 42.5 Å². The Morgan fingerprint density at radius 1 is 1.00 bits per heavy atom. The maximum Gasteiger partial charge on any atom is 0.262 e. The zero-order valence-electron chi connectivity index (χ0n) is 13.8. The number of benzene rings is 2. The van der Waals surface area contributed by atoms with E-state index >= 15 is 0 Å². The van der Waals surface area contributed by atoms with Crippen molar-refractivity contribution in [2.45, 2.75) is 19.3 Å². The highest BCUT2D eigenvalue weighted by atomic mass is 19.2. The van der Waals surface area contributed by atoms with Crippen LogP contribution in [-0.4, -0.2) is 25.6 Å². The molecule has 1 aliphatic rings. The molecule has 0 saturated carbocycles. The summed E-state index contributed by atoms with van der Waals surface area (Å²) in [6.07, 6.45) is 3.70. The van der Waals surface area contributed by atoms with Gasteiger partial charge in [-0.2, -0.15) is 0 Å². The van der Waals surface area contributed by atoms with Crippen LogP contribution in [0, 0.1) is 11.6 Å².